The number of hydrogen-bond acceptors (Lipinski definition) is 5. The number of benzene rings is 2. The van der Waals surface area contributed by atoms with E-state index in [0.29, 0.717) is 29.8 Å². The first-order valence-corrected chi connectivity index (χ1v) is 9.41. The van der Waals surface area contributed by atoms with E-state index in [4.69, 9.17) is 9.47 Å². The average molecular weight is 408 g/mol. The quantitative estimate of drug-likeness (QED) is 0.598. The van der Waals surface area contributed by atoms with Gasteiger partial charge in [0.25, 0.3) is 11.8 Å². The molecule has 3 aromatic rings. The Kier molecular flexibility index (Phi) is 6.69. The molecule has 0 saturated carbocycles. The van der Waals surface area contributed by atoms with Gasteiger partial charge < -0.3 is 20.1 Å². The topological polar surface area (TPSA) is 94.5 Å². The number of nitrogens with zero attached hydrogens (tertiary/aromatic N) is 2. The van der Waals surface area contributed by atoms with E-state index in [0.717, 1.165) is 11.3 Å². The lowest BCUT2D eigenvalue weighted by molar-refractivity contribution is 0.0953. The first-order valence-electron chi connectivity index (χ1n) is 9.41. The highest BCUT2D eigenvalue weighted by atomic mass is 16.5. The number of methoxy groups -OCH3 is 2. The Morgan fingerprint density at radius 3 is 2.43 bits per heavy atom. The zero-order valence-electron chi connectivity index (χ0n) is 17.1. The lowest BCUT2D eigenvalue weighted by atomic mass is 10.1. The van der Waals surface area contributed by atoms with E-state index < -0.39 is 0 Å². The summed E-state index contributed by atoms with van der Waals surface area (Å²) in [7, 11) is 4.79. The molecule has 0 aliphatic heterocycles. The number of nitrogens with one attached hydrogen (secondary N) is 2. The number of aryl methyl sites for hydroxylation is 1. The molecule has 0 spiro atoms. The summed E-state index contributed by atoms with van der Waals surface area (Å²) in [6.07, 6.45) is 2.24. The van der Waals surface area contributed by atoms with Gasteiger partial charge in [0.1, 0.15) is 11.3 Å². The van der Waals surface area contributed by atoms with Crippen LogP contribution in [0.4, 0.5) is 5.69 Å². The molecule has 2 N–H and O–H groups in total. The van der Waals surface area contributed by atoms with Crippen LogP contribution < -0.4 is 20.1 Å². The number of rotatable bonds is 8. The lowest BCUT2D eigenvalue weighted by Crippen LogP contribution is -2.25. The van der Waals surface area contributed by atoms with Gasteiger partial charge in [0.2, 0.25) is 5.88 Å². The van der Waals surface area contributed by atoms with Crippen molar-refractivity contribution in [2.24, 2.45) is 7.05 Å². The molecule has 0 aliphatic rings. The van der Waals surface area contributed by atoms with Crippen molar-refractivity contribution in [1.29, 1.82) is 0 Å². The smallest absolute Gasteiger partial charge is 0.262 e. The highest BCUT2D eigenvalue weighted by Gasteiger charge is 2.16. The summed E-state index contributed by atoms with van der Waals surface area (Å²) in [5.41, 5.74) is 2.44. The number of amides is 2. The van der Waals surface area contributed by atoms with Gasteiger partial charge in [-0.3, -0.25) is 14.3 Å². The first-order chi connectivity index (χ1) is 14.5. The zero-order chi connectivity index (χ0) is 21.5. The Morgan fingerprint density at radius 2 is 1.73 bits per heavy atom. The van der Waals surface area contributed by atoms with Crippen LogP contribution in [0.1, 0.15) is 26.3 Å². The van der Waals surface area contributed by atoms with E-state index in [2.05, 4.69) is 15.7 Å². The number of para-hydroxylation sites is 1. The van der Waals surface area contributed by atoms with Gasteiger partial charge in [-0.2, -0.15) is 0 Å². The summed E-state index contributed by atoms with van der Waals surface area (Å²) in [5, 5.41) is 9.73. The number of ether oxygens (including phenoxy) is 2. The van der Waals surface area contributed by atoms with Crippen molar-refractivity contribution in [3.05, 3.63) is 71.4 Å². The Hall–Kier alpha value is -3.81. The van der Waals surface area contributed by atoms with Crippen LogP contribution in [0.5, 0.6) is 11.6 Å². The zero-order valence-corrected chi connectivity index (χ0v) is 17.1. The van der Waals surface area contributed by atoms with Crippen LogP contribution in [0.25, 0.3) is 0 Å². The summed E-state index contributed by atoms with van der Waals surface area (Å²) in [4.78, 5) is 24.8. The normalized spacial score (nSPS) is 10.4. The minimum absolute atomic E-state index is 0.184. The number of carbonyl (C=O) groups is 2. The van der Waals surface area contributed by atoms with Gasteiger partial charge in [-0.15, -0.1) is 5.10 Å². The molecule has 1 heterocycles. The highest BCUT2D eigenvalue weighted by Crippen LogP contribution is 2.19. The van der Waals surface area contributed by atoms with Gasteiger partial charge in [0.15, 0.2) is 0 Å². The van der Waals surface area contributed by atoms with Crippen molar-refractivity contribution < 1.29 is 19.1 Å². The molecule has 30 heavy (non-hydrogen) atoms. The molecular formula is C22H24N4O4. The molecule has 0 atom stereocenters. The van der Waals surface area contributed by atoms with E-state index in [9.17, 15) is 9.59 Å². The predicted molar refractivity (Wildman–Crippen MR) is 113 cm³/mol. The average Bonchev–Trinajstić information content (AvgIpc) is 3.15. The van der Waals surface area contributed by atoms with Gasteiger partial charge in [-0.1, -0.05) is 18.2 Å². The molecule has 0 radical (unpaired) electrons. The molecule has 8 heteroatoms. The molecule has 3 rings (SSSR count). The molecular weight excluding hydrogens is 384 g/mol. The first kappa shape index (κ1) is 20.9. The fourth-order valence-electron chi connectivity index (χ4n) is 3.00. The fraction of sp³-hybridized carbons (Fsp3) is 0.227. The fourth-order valence-corrected chi connectivity index (χ4v) is 3.00. The van der Waals surface area contributed by atoms with Crippen LogP contribution in [0.15, 0.2) is 54.7 Å². The van der Waals surface area contributed by atoms with Crippen LogP contribution in [-0.4, -0.2) is 42.4 Å². The van der Waals surface area contributed by atoms with E-state index >= 15 is 0 Å². The summed E-state index contributed by atoms with van der Waals surface area (Å²) in [5.74, 6) is 0.531. The molecule has 0 unspecified atom stereocenters. The van der Waals surface area contributed by atoms with Gasteiger partial charge in [0, 0.05) is 31.0 Å². The Labute approximate surface area is 174 Å². The number of aromatic nitrogens is 2. The third kappa shape index (κ3) is 4.96. The molecule has 0 saturated heterocycles. The van der Waals surface area contributed by atoms with Crippen molar-refractivity contribution in [2.75, 3.05) is 26.1 Å². The van der Waals surface area contributed by atoms with E-state index in [1.807, 2.05) is 24.3 Å². The second-order valence-electron chi connectivity index (χ2n) is 6.57. The third-order valence-electron chi connectivity index (χ3n) is 4.51. The molecule has 1 aromatic heterocycles. The lowest BCUT2D eigenvalue weighted by Gasteiger charge is -2.10. The molecule has 0 aliphatic carbocycles. The summed E-state index contributed by atoms with van der Waals surface area (Å²) in [6, 6.07) is 14.4. The van der Waals surface area contributed by atoms with Crippen molar-refractivity contribution >= 4 is 17.5 Å². The third-order valence-corrected chi connectivity index (χ3v) is 4.51. The molecule has 8 nitrogen and oxygen atoms in total. The highest BCUT2D eigenvalue weighted by molar-refractivity contribution is 6.06. The van der Waals surface area contributed by atoms with Crippen molar-refractivity contribution in [3.8, 4) is 11.6 Å². The van der Waals surface area contributed by atoms with Crippen LogP contribution in [0.3, 0.4) is 0 Å². The Morgan fingerprint density at radius 1 is 1.00 bits per heavy atom. The van der Waals surface area contributed by atoms with Crippen molar-refractivity contribution in [2.45, 2.75) is 6.42 Å². The van der Waals surface area contributed by atoms with E-state index in [1.165, 1.54) is 11.8 Å². The minimum atomic E-state index is -0.339. The minimum Gasteiger partial charge on any atom is -0.496 e. The van der Waals surface area contributed by atoms with Gasteiger partial charge in [-0.05, 0) is 42.3 Å². The summed E-state index contributed by atoms with van der Waals surface area (Å²) >= 11 is 0. The van der Waals surface area contributed by atoms with Gasteiger partial charge in [0.05, 0.1) is 14.2 Å². The van der Waals surface area contributed by atoms with Crippen LogP contribution in [-0.2, 0) is 13.5 Å². The van der Waals surface area contributed by atoms with Crippen LogP contribution in [0, 0.1) is 0 Å². The number of carbonyl (C=O) groups excluding carboxylic acids is 2. The maximum Gasteiger partial charge on any atom is 0.262 e. The van der Waals surface area contributed by atoms with E-state index in [-0.39, 0.29) is 17.7 Å². The SMILES string of the molecule is COc1ccccc1CCNC(=O)c1ccc(NC(=O)c2cn(C)nc2OC)cc1. The van der Waals surface area contributed by atoms with Gasteiger partial charge >= 0.3 is 0 Å². The Balaban J connectivity index is 1.55. The van der Waals surface area contributed by atoms with Crippen molar-refractivity contribution in [1.82, 2.24) is 15.1 Å². The largest absolute Gasteiger partial charge is 0.496 e. The standard InChI is InChI=1S/C22H24N4O4/c1-26-14-18(22(25-26)30-3)21(28)24-17-10-8-16(9-11-17)20(27)23-13-12-15-6-4-5-7-19(15)29-2/h4-11,14H,12-13H2,1-3H3,(H,23,27)(H,24,28). The van der Waals surface area contributed by atoms with Crippen molar-refractivity contribution in [3.63, 3.8) is 0 Å². The van der Waals surface area contributed by atoms with Gasteiger partial charge in [-0.25, -0.2) is 0 Å². The maximum absolute atomic E-state index is 12.4. The van der Waals surface area contributed by atoms with E-state index in [1.54, 1.807) is 44.6 Å². The molecule has 2 amide bonds. The number of anilines is 1. The molecule has 2 aromatic carbocycles. The molecule has 0 bridgehead atoms. The number of hydrogen-bond donors (Lipinski definition) is 2. The maximum atomic E-state index is 12.4. The Bertz CT molecular complexity index is 1030. The molecule has 156 valence electrons. The summed E-state index contributed by atoms with van der Waals surface area (Å²) < 4.78 is 11.9. The second-order valence-corrected chi connectivity index (χ2v) is 6.57. The van der Waals surface area contributed by atoms with Crippen LogP contribution in [0.2, 0.25) is 0 Å². The predicted octanol–water partition coefficient (Wildman–Crippen LogP) is 2.66. The molecule has 0 fully saturated rings. The van der Waals surface area contributed by atoms with Crippen LogP contribution >= 0.6 is 0 Å². The second kappa shape index (κ2) is 9.60. The summed E-state index contributed by atoms with van der Waals surface area (Å²) in [6.45, 7) is 0.485. The monoisotopic (exact) mass is 408 g/mol.